The summed E-state index contributed by atoms with van der Waals surface area (Å²) in [6.07, 6.45) is 4.80. The summed E-state index contributed by atoms with van der Waals surface area (Å²) in [7, 11) is 0. The van der Waals surface area contributed by atoms with Crippen LogP contribution in [0.5, 0.6) is 0 Å². The van der Waals surface area contributed by atoms with Crippen LogP contribution in [0.4, 0.5) is 0 Å². The predicted octanol–water partition coefficient (Wildman–Crippen LogP) is 1.96. The molecule has 112 valence electrons. The number of nitrogens with zero attached hydrogens (tertiary/aromatic N) is 2. The molecule has 0 radical (unpaired) electrons. The predicted molar refractivity (Wildman–Crippen MR) is 81.4 cm³/mol. The highest BCUT2D eigenvalue weighted by atomic mass is 16.5. The molecule has 1 amide bonds. The highest BCUT2D eigenvalue weighted by Crippen LogP contribution is 2.07. The van der Waals surface area contributed by atoms with Gasteiger partial charge in [0.25, 0.3) is 0 Å². The Kier molecular flexibility index (Phi) is 5.97. The number of para-hydroxylation sites is 1. The SMILES string of the molecule is CCOCCCNC(=O)Cc1cnn(-c2ccccc2)c1. The van der Waals surface area contributed by atoms with Crippen LogP contribution in [-0.2, 0) is 16.0 Å². The van der Waals surface area contributed by atoms with Gasteiger partial charge in [-0.05, 0) is 31.0 Å². The molecule has 5 nitrogen and oxygen atoms in total. The van der Waals surface area contributed by atoms with Gasteiger partial charge >= 0.3 is 0 Å². The van der Waals surface area contributed by atoms with E-state index in [4.69, 9.17) is 4.74 Å². The molecular formula is C16H21N3O2. The van der Waals surface area contributed by atoms with Crippen molar-refractivity contribution in [3.63, 3.8) is 0 Å². The lowest BCUT2D eigenvalue weighted by Crippen LogP contribution is -2.26. The maximum atomic E-state index is 11.8. The van der Waals surface area contributed by atoms with Gasteiger partial charge in [0.2, 0.25) is 5.91 Å². The fourth-order valence-corrected chi connectivity index (χ4v) is 1.97. The second-order valence-corrected chi connectivity index (χ2v) is 4.71. The minimum absolute atomic E-state index is 0.0131. The second-order valence-electron chi connectivity index (χ2n) is 4.71. The van der Waals surface area contributed by atoms with E-state index < -0.39 is 0 Å². The zero-order chi connectivity index (χ0) is 14.9. The van der Waals surface area contributed by atoms with Crippen LogP contribution < -0.4 is 5.32 Å². The van der Waals surface area contributed by atoms with Crippen molar-refractivity contribution >= 4 is 5.91 Å². The van der Waals surface area contributed by atoms with Crippen molar-refractivity contribution in [3.05, 3.63) is 48.3 Å². The van der Waals surface area contributed by atoms with Crippen LogP contribution in [0.2, 0.25) is 0 Å². The van der Waals surface area contributed by atoms with Gasteiger partial charge in [-0.25, -0.2) is 4.68 Å². The molecule has 0 saturated carbocycles. The van der Waals surface area contributed by atoms with Crippen LogP contribution in [0.15, 0.2) is 42.7 Å². The summed E-state index contributed by atoms with van der Waals surface area (Å²) in [5.41, 5.74) is 1.89. The van der Waals surface area contributed by atoms with Crippen molar-refractivity contribution in [1.29, 1.82) is 0 Å². The summed E-state index contributed by atoms with van der Waals surface area (Å²) in [5.74, 6) is 0.0131. The zero-order valence-corrected chi connectivity index (χ0v) is 12.3. The van der Waals surface area contributed by atoms with Gasteiger partial charge in [-0.2, -0.15) is 5.10 Å². The molecule has 0 fully saturated rings. The molecule has 2 aromatic rings. The standard InChI is InChI=1S/C16H21N3O2/c1-2-21-10-6-9-17-16(20)11-14-12-18-19(13-14)15-7-4-3-5-8-15/h3-5,7-8,12-13H,2,6,9-11H2,1H3,(H,17,20). The molecule has 0 saturated heterocycles. The van der Waals surface area contributed by atoms with Crippen molar-refractivity contribution in [2.24, 2.45) is 0 Å². The molecule has 21 heavy (non-hydrogen) atoms. The van der Waals surface area contributed by atoms with Gasteiger partial charge in [0.1, 0.15) is 0 Å². The number of nitrogens with one attached hydrogen (secondary N) is 1. The van der Waals surface area contributed by atoms with E-state index in [2.05, 4.69) is 10.4 Å². The number of amides is 1. The Morgan fingerprint density at radius 2 is 2.14 bits per heavy atom. The fraction of sp³-hybridized carbons (Fsp3) is 0.375. The topological polar surface area (TPSA) is 56.1 Å². The molecule has 0 aliphatic carbocycles. The first-order valence-corrected chi connectivity index (χ1v) is 7.23. The minimum atomic E-state index is 0.0131. The number of carbonyl (C=O) groups excluding carboxylic acids is 1. The normalized spacial score (nSPS) is 10.5. The number of carbonyl (C=O) groups is 1. The number of rotatable bonds is 8. The molecule has 0 aliphatic heterocycles. The van der Waals surface area contributed by atoms with Crippen LogP contribution in [0.25, 0.3) is 5.69 Å². The number of aromatic nitrogens is 2. The van der Waals surface area contributed by atoms with E-state index in [1.807, 2.05) is 43.5 Å². The summed E-state index contributed by atoms with van der Waals surface area (Å²) < 4.78 is 7.00. The molecule has 1 aromatic heterocycles. The third kappa shape index (κ3) is 5.04. The van der Waals surface area contributed by atoms with Crippen LogP contribution in [0, 0.1) is 0 Å². The first kappa shape index (κ1) is 15.3. The van der Waals surface area contributed by atoms with E-state index in [0.29, 0.717) is 26.2 Å². The Morgan fingerprint density at radius 3 is 2.90 bits per heavy atom. The zero-order valence-electron chi connectivity index (χ0n) is 12.3. The van der Waals surface area contributed by atoms with E-state index in [1.54, 1.807) is 10.9 Å². The van der Waals surface area contributed by atoms with Crippen molar-refractivity contribution in [2.45, 2.75) is 19.8 Å². The van der Waals surface area contributed by atoms with Crippen molar-refractivity contribution in [3.8, 4) is 5.69 Å². The second kappa shape index (κ2) is 8.21. The Morgan fingerprint density at radius 1 is 1.33 bits per heavy atom. The Labute approximate surface area is 124 Å². The molecule has 1 heterocycles. The largest absolute Gasteiger partial charge is 0.382 e. The third-order valence-electron chi connectivity index (χ3n) is 3.01. The first-order chi connectivity index (χ1) is 10.3. The Balaban J connectivity index is 1.78. The summed E-state index contributed by atoms with van der Waals surface area (Å²) >= 11 is 0. The molecule has 0 atom stereocenters. The lowest BCUT2D eigenvalue weighted by atomic mass is 10.2. The molecule has 5 heteroatoms. The van der Waals surface area contributed by atoms with E-state index >= 15 is 0 Å². The van der Waals surface area contributed by atoms with Gasteiger partial charge in [0, 0.05) is 26.0 Å². The average molecular weight is 287 g/mol. The molecule has 0 spiro atoms. The van der Waals surface area contributed by atoms with Gasteiger partial charge < -0.3 is 10.1 Å². The van der Waals surface area contributed by atoms with Crippen molar-refractivity contribution < 1.29 is 9.53 Å². The van der Waals surface area contributed by atoms with Gasteiger partial charge in [-0.3, -0.25) is 4.79 Å². The van der Waals surface area contributed by atoms with Crippen LogP contribution in [0.3, 0.4) is 0 Å². The first-order valence-electron chi connectivity index (χ1n) is 7.23. The van der Waals surface area contributed by atoms with Crippen LogP contribution in [-0.4, -0.2) is 35.4 Å². The Hall–Kier alpha value is -2.14. The van der Waals surface area contributed by atoms with Gasteiger partial charge in [-0.15, -0.1) is 0 Å². The summed E-state index contributed by atoms with van der Waals surface area (Å²) in [4.78, 5) is 11.8. The molecule has 0 aliphatic rings. The molecule has 0 unspecified atom stereocenters. The monoisotopic (exact) mass is 287 g/mol. The van der Waals surface area contributed by atoms with Crippen molar-refractivity contribution in [2.75, 3.05) is 19.8 Å². The van der Waals surface area contributed by atoms with Gasteiger partial charge in [-0.1, -0.05) is 18.2 Å². The van der Waals surface area contributed by atoms with Gasteiger partial charge in [0.15, 0.2) is 0 Å². The summed E-state index contributed by atoms with van der Waals surface area (Å²) in [6.45, 7) is 4.00. The number of hydrogen-bond donors (Lipinski definition) is 1. The molecule has 1 N–H and O–H groups in total. The number of benzene rings is 1. The lowest BCUT2D eigenvalue weighted by Gasteiger charge is -2.04. The molecule has 0 bridgehead atoms. The van der Waals surface area contributed by atoms with E-state index in [1.165, 1.54) is 0 Å². The van der Waals surface area contributed by atoms with Crippen molar-refractivity contribution in [1.82, 2.24) is 15.1 Å². The molecular weight excluding hydrogens is 266 g/mol. The lowest BCUT2D eigenvalue weighted by molar-refractivity contribution is -0.120. The van der Waals surface area contributed by atoms with E-state index in [0.717, 1.165) is 17.7 Å². The number of hydrogen-bond acceptors (Lipinski definition) is 3. The quantitative estimate of drug-likeness (QED) is 0.755. The summed E-state index contributed by atoms with van der Waals surface area (Å²) in [6, 6.07) is 9.84. The van der Waals surface area contributed by atoms with E-state index in [9.17, 15) is 4.79 Å². The fourth-order valence-electron chi connectivity index (χ4n) is 1.97. The van der Waals surface area contributed by atoms with E-state index in [-0.39, 0.29) is 5.91 Å². The molecule has 1 aromatic carbocycles. The maximum Gasteiger partial charge on any atom is 0.224 e. The highest BCUT2D eigenvalue weighted by Gasteiger charge is 2.06. The van der Waals surface area contributed by atoms with Gasteiger partial charge in [0.05, 0.1) is 18.3 Å². The summed E-state index contributed by atoms with van der Waals surface area (Å²) in [5, 5.41) is 7.16. The Bertz CT molecular complexity index is 552. The minimum Gasteiger partial charge on any atom is -0.382 e. The van der Waals surface area contributed by atoms with Crippen LogP contribution >= 0.6 is 0 Å². The average Bonchev–Trinajstić information content (AvgIpc) is 2.96. The third-order valence-corrected chi connectivity index (χ3v) is 3.01. The van der Waals surface area contributed by atoms with Crippen LogP contribution in [0.1, 0.15) is 18.9 Å². The number of ether oxygens (including phenoxy) is 1. The smallest absolute Gasteiger partial charge is 0.224 e. The highest BCUT2D eigenvalue weighted by molar-refractivity contribution is 5.78. The molecule has 2 rings (SSSR count). The maximum absolute atomic E-state index is 11.8.